The molecule has 0 atom stereocenters. The van der Waals surface area contributed by atoms with E-state index >= 15 is 0 Å². The highest BCUT2D eigenvalue weighted by atomic mass is 16.5. The molecule has 0 unspecified atom stereocenters. The standard InChI is InChI=1S/C10H15NO2/c1-11-10(12)8-6-4-2-3-5-7-9(8)13-11/h2-7H2,1H3. The van der Waals surface area contributed by atoms with Gasteiger partial charge >= 0.3 is 0 Å². The van der Waals surface area contributed by atoms with Crippen molar-refractivity contribution in [3.05, 3.63) is 21.7 Å². The van der Waals surface area contributed by atoms with Crippen molar-refractivity contribution < 1.29 is 4.52 Å². The van der Waals surface area contributed by atoms with Crippen molar-refractivity contribution >= 4 is 0 Å². The maximum Gasteiger partial charge on any atom is 0.285 e. The summed E-state index contributed by atoms with van der Waals surface area (Å²) in [6, 6.07) is 0. The van der Waals surface area contributed by atoms with Crippen LogP contribution in [0.1, 0.15) is 37.0 Å². The zero-order valence-electron chi connectivity index (χ0n) is 8.01. The van der Waals surface area contributed by atoms with Gasteiger partial charge in [0.2, 0.25) is 0 Å². The van der Waals surface area contributed by atoms with Crippen LogP contribution in [0.5, 0.6) is 0 Å². The van der Waals surface area contributed by atoms with Crippen LogP contribution in [-0.2, 0) is 19.9 Å². The van der Waals surface area contributed by atoms with Gasteiger partial charge in [0.15, 0.2) is 0 Å². The van der Waals surface area contributed by atoms with Crippen molar-refractivity contribution in [2.45, 2.75) is 38.5 Å². The Kier molecular flexibility index (Phi) is 2.25. The third-order valence-corrected chi connectivity index (χ3v) is 2.71. The molecule has 0 amide bonds. The number of nitrogens with zero attached hydrogens (tertiary/aromatic N) is 1. The molecule has 0 fully saturated rings. The lowest BCUT2D eigenvalue weighted by molar-refractivity contribution is 0.272. The average molecular weight is 181 g/mol. The molecule has 0 N–H and O–H groups in total. The first kappa shape index (κ1) is 8.60. The average Bonchev–Trinajstić information content (AvgIpc) is 2.31. The predicted octanol–water partition coefficient (Wildman–Crippen LogP) is 1.64. The first-order valence-corrected chi connectivity index (χ1v) is 4.97. The molecule has 1 aliphatic rings. The largest absolute Gasteiger partial charge is 0.381 e. The van der Waals surface area contributed by atoms with Gasteiger partial charge in [0, 0.05) is 13.5 Å². The van der Waals surface area contributed by atoms with E-state index in [-0.39, 0.29) is 5.56 Å². The monoisotopic (exact) mass is 181 g/mol. The molecule has 0 radical (unpaired) electrons. The van der Waals surface area contributed by atoms with Crippen LogP contribution in [0.15, 0.2) is 9.32 Å². The Morgan fingerprint density at radius 1 is 1.15 bits per heavy atom. The number of hydrogen-bond donors (Lipinski definition) is 0. The summed E-state index contributed by atoms with van der Waals surface area (Å²) >= 11 is 0. The molecule has 0 spiro atoms. The highest BCUT2D eigenvalue weighted by molar-refractivity contribution is 5.15. The van der Waals surface area contributed by atoms with Gasteiger partial charge < -0.3 is 4.52 Å². The number of hydrogen-bond acceptors (Lipinski definition) is 2. The second-order valence-corrected chi connectivity index (χ2v) is 3.71. The van der Waals surface area contributed by atoms with Crippen LogP contribution in [-0.4, -0.2) is 4.74 Å². The molecule has 3 heteroatoms. The summed E-state index contributed by atoms with van der Waals surface area (Å²) in [7, 11) is 1.69. The van der Waals surface area contributed by atoms with Crippen LogP contribution >= 0.6 is 0 Å². The van der Waals surface area contributed by atoms with Crippen molar-refractivity contribution in [3.63, 3.8) is 0 Å². The zero-order valence-corrected chi connectivity index (χ0v) is 8.01. The normalized spacial score (nSPS) is 17.6. The Bertz CT molecular complexity index is 348. The lowest BCUT2D eigenvalue weighted by atomic mass is 10.00. The minimum Gasteiger partial charge on any atom is -0.381 e. The summed E-state index contributed by atoms with van der Waals surface area (Å²) in [5.41, 5.74) is 0.985. The fraction of sp³-hybridized carbons (Fsp3) is 0.700. The smallest absolute Gasteiger partial charge is 0.285 e. The predicted molar refractivity (Wildman–Crippen MR) is 49.8 cm³/mol. The maximum absolute atomic E-state index is 11.5. The van der Waals surface area contributed by atoms with Gasteiger partial charge in [0.25, 0.3) is 5.56 Å². The fourth-order valence-electron chi connectivity index (χ4n) is 1.95. The van der Waals surface area contributed by atoms with Crippen LogP contribution in [0.3, 0.4) is 0 Å². The van der Waals surface area contributed by atoms with Gasteiger partial charge in [-0.2, -0.15) is 4.74 Å². The third kappa shape index (κ3) is 1.55. The molecule has 0 bridgehead atoms. The second kappa shape index (κ2) is 3.40. The minimum absolute atomic E-state index is 0.0666. The molecular formula is C10H15NO2. The van der Waals surface area contributed by atoms with Crippen LogP contribution < -0.4 is 5.56 Å². The fourth-order valence-corrected chi connectivity index (χ4v) is 1.95. The minimum atomic E-state index is 0.0666. The van der Waals surface area contributed by atoms with E-state index in [1.807, 2.05) is 0 Å². The van der Waals surface area contributed by atoms with Crippen molar-refractivity contribution in [2.24, 2.45) is 7.05 Å². The van der Waals surface area contributed by atoms with Crippen molar-refractivity contribution in [3.8, 4) is 0 Å². The summed E-state index contributed by atoms with van der Waals surface area (Å²) < 4.78 is 6.73. The molecule has 0 aromatic carbocycles. The highest BCUT2D eigenvalue weighted by Gasteiger charge is 2.15. The van der Waals surface area contributed by atoms with Crippen molar-refractivity contribution in [1.82, 2.24) is 4.74 Å². The van der Waals surface area contributed by atoms with Gasteiger partial charge in [-0.3, -0.25) is 4.79 Å². The van der Waals surface area contributed by atoms with Gasteiger partial charge in [-0.05, 0) is 19.3 Å². The number of aromatic nitrogens is 1. The van der Waals surface area contributed by atoms with E-state index in [4.69, 9.17) is 4.52 Å². The van der Waals surface area contributed by atoms with E-state index < -0.39 is 0 Å². The van der Waals surface area contributed by atoms with Crippen LogP contribution in [0, 0.1) is 0 Å². The molecular weight excluding hydrogens is 166 g/mol. The summed E-state index contributed by atoms with van der Waals surface area (Å²) in [6.45, 7) is 0. The summed E-state index contributed by atoms with van der Waals surface area (Å²) in [5, 5.41) is 0. The maximum atomic E-state index is 11.5. The summed E-state index contributed by atoms with van der Waals surface area (Å²) in [5.74, 6) is 0.923. The lowest BCUT2D eigenvalue weighted by Crippen LogP contribution is -2.14. The molecule has 0 saturated carbocycles. The molecule has 1 aliphatic carbocycles. The molecule has 1 aromatic heterocycles. The Morgan fingerprint density at radius 3 is 2.62 bits per heavy atom. The van der Waals surface area contributed by atoms with E-state index in [1.165, 1.54) is 17.6 Å². The SMILES string of the molecule is Cn1oc2c(c1=O)CCCCCC2. The topological polar surface area (TPSA) is 35.1 Å². The number of rotatable bonds is 0. The molecule has 0 saturated heterocycles. The first-order valence-electron chi connectivity index (χ1n) is 4.97. The quantitative estimate of drug-likeness (QED) is 0.610. The molecule has 1 heterocycles. The Hall–Kier alpha value is -0.990. The molecule has 2 rings (SSSR count). The van der Waals surface area contributed by atoms with E-state index in [1.54, 1.807) is 7.05 Å². The Morgan fingerprint density at radius 2 is 1.85 bits per heavy atom. The Labute approximate surface area is 77.3 Å². The second-order valence-electron chi connectivity index (χ2n) is 3.71. The summed E-state index contributed by atoms with van der Waals surface area (Å²) in [4.78, 5) is 11.5. The van der Waals surface area contributed by atoms with Gasteiger partial charge in [-0.1, -0.05) is 12.8 Å². The van der Waals surface area contributed by atoms with E-state index in [9.17, 15) is 4.79 Å². The summed E-state index contributed by atoms with van der Waals surface area (Å²) in [6.07, 6.45) is 6.62. The van der Waals surface area contributed by atoms with Crippen molar-refractivity contribution in [1.29, 1.82) is 0 Å². The van der Waals surface area contributed by atoms with Gasteiger partial charge in [-0.25, -0.2) is 0 Å². The van der Waals surface area contributed by atoms with Crippen LogP contribution in [0.4, 0.5) is 0 Å². The zero-order chi connectivity index (χ0) is 9.26. The molecule has 0 aliphatic heterocycles. The number of fused-ring (bicyclic) bond motifs is 1. The lowest BCUT2D eigenvalue weighted by Gasteiger charge is -2.05. The van der Waals surface area contributed by atoms with E-state index in [2.05, 4.69) is 0 Å². The first-order chi connectivity index (χ1) is 6.29. The highest BCUT2D eigenvalue weighted by Crippen LogP contribution is 2.17. The van der Waals surface area contributed by atoms with Crippen LogP contribution in [0.2, 0.25) is 0 Å². The Balaban J connectivity index is 2.39. The number of aryl methyl sites for hydroxylation is 2. The van der Waals surface area contributed by atoms with Gasteiger partial charge in [-0.15, -0.1) is 0 Å². The molecule has 1 aromatic rings. The van der Waals surface area contributed by atoms with Gasteiger partial charge in [0.1, 0.15) is 5.76 Å². The van der Waals surface area contributed by atoms with E-state index in [0.717, 1.165) is 37.0 Å². The van der Waals surface area contributed by atoms with Gasteiger partial charge in [0.05, 0.1) is 5.56 Å². The third-order valence-electron chi connectivity index (χ3n) is 2.71. The van der Waals surface area contributed by atoms with Crippen LogP contribution in [0.25, 0.3) is 0 Å². The molecule has 72 valence electrons. The van der Waals surface area contributed by atoms with E-state index in [0.29, 0.717) is 0 Å². The van der Waals surface area contributed by atoms with Crippen molar-refractivity contribution in [2.75, 3.05) is 0 Å². The molecule has 3 nitrogen and oxygen atoms in total. The molecule has 13 heavy (non-hydrogen) atoms.